The minimum Gasteiger partial charge on any atom is -0.491 e. The van der Waals surface area contributed by atoms with Gasteiger partial charge in [-0.15, -0.1) is 0 Å². The minimum atomic E-state index is -0.604. The van der Waals surface area contributed by atoms with E-state index < -0.39 is 11.7 Å². The van der Waals surface area contributed by atoms with Crippen LogP contribution in [0.5, 0.6) is 5.75 Å². The molecule has 0 saturated heterocycles. The van der Waals surface area contributed by atoms with Gasteiger partial charge >= 0.3 is 6.09 Å². The molecular formula is C16H21NO4. The Balaban J connectivity index is 2.13. The first-order chi connectivity index (χ1) is 9.89. The molecule has 0 spiro atoms. The van der Waals surface area contributed by atoms with Crippen molar-refractivity contribution < 1.29 is 19.1 Å². The van der Waals surface area contributed by atoms with Crippen LogP contribution in [0.3, 0.4) is 0 Å². The lowest BCUT2D eigenvalue weighted by Crippen LogP contribution is -2.27. The van der Waals surface area contributed by atoms with Gasteiger partial charge in [0.25, 0.3) is 0 Å². The maximum atomic E-state index is 11.9. The fraction of sp³-hybridized carbons (Fsp3) is 0.500. The second-order valence-electron chi connectivity index (χ2n) is 6.22. The molecule has 1 aromatic carbocycles. The average Bonchev–Trinajstić information content (AvgIpc) is 3.19. The number of anilines is 1. The monoisotopic (exact) mass is 291 g/mol. The first kappa shape index (κ1) is 15.4. The van der Waals surface area contributed by atoms with E-state index in [9.17, 15) is 9.59 Å². The molecule has 0 aromatic heterocycles. The topological polar surface area (TPSA) is 64.6 Å². The first-order valence-electron chi connectivity index (χ1n) is 7.10. The fourth-order valence-electron chi connectivity index (χ4n) is 1.80. The highest BCUT2D eigenvalue weighted by Crippen LogP contribution is 2.33. The van der Waals surface area contributed by atoms with E-state index in [1.165, 1.54) is 12.8 Å². The molecule has 5 nitrogen and oxygen atoms in total. The van der Waals surface area contributed by atoms with Crippen molar-refractivity contribution in [1.82, 2.24) is 0 Å². The summed E-state index contributed by atoms with van der Waals surface area (Å²) in [5.41, 5.74) is 0.131. The van der Waals surface area contributed by atoms with Gasteiger partial charge in [0.15, 0.2) is 6.29 Å². The number of aldehydes is 1. The van der Waals surface area contributed by atoms with Crippen molar-refractivity contribution in [2.24, 2.45) is 5.92 Å². The van der Waals surface area contributed by atoms with Crippen molar-refractivity contribution in [3.05, 3.63) is 23.8 Å². The second kappa shape index (κ2) is 6.16. The van der Waals surface area contributed by atoms with Crippen LogP contribution in [-0.2, 0) is 4.74 Å². The lowest BCUT2D eigenvalue weighted by atomic mass is 10.1. The molecule has 1 saturated carbocycles. The van der Waals surface area contributed by atoms with Crippen LogP contribution in [0.4, 0.5) is 10.5 Å². The van der Waals surface area contributed by atoms with Crippen LogP contribution in [-0.4, -0.2) is 24.6 Å². The van der Waals surface area contributed by atoms with Gasteiger partial charge in [0, 0.05) is 5.56 Å². The summed E-state index contributed by atoms with van der Waals surface area (Å²) in [6.45, 7) is 5.94. The number of para-hydroxylation sites is 1. The van der Waals surface area contributed by atoms with Gasteiger partial charge < -0.3 is 9.47 Å². The number of ether oxygens (including phenoxy) is 2. The van der Waals surface area contributed by atoms with E-state index in [2.05, 4.69) is 5.32 Å². The Morgan fingerprint density at radius 3 is 2.67 bits per heavy atom. The van der Waals surface area contributed by atoms with E-state index in [1.807, 2.05) is 0 Å². The summed E-state index contributed by atoms with van der Waals surface area (Å²) in [6, 6.07) is 5.10. The molecule has 0 heterocycles. The van der Waals surface area contributed by atoms with Crippen molar-refractivity contribution in [2.75, 3.05) is 11.9 Å². The zero-order valence-corrected chi connectivity index (χ0v) is 12.6. The van der Waals surface area contributed by atoms with Gasteiger partial charge in [-0.05, 0) is 51.7 Å². The molecule has 0 atom stereocenters. The molecule has 0 bridgehead atoms. The third-order valence-electron chi connectivity index (χ3n) is 2.98. The molecule has 5 heteroatoms. The highest BCUT2D eigenvalue weighted by atomic mass is 16.6. The van der Waals surface area contributed by atoms with E-state index in [0.717, 1.165) is 0 Å². The summed E-state index contributed by atoms with van der Waals surface area (Å²) in [6.07, 6.45) is 2.43. The number of hydrogen-bond donors (Lipinski definition) is 1. The van der Waals surface area contributed by atoms with Crippen molar-refractivity contribution in [3.8, 4) is 5.75 Å². The van der Waals surface area contributed by atoms with Crippen molar-refractivity contribution in [1.29, 1.82) is 0 Å². The Hall–Kier alpha value is -2.04. The third-order valence-corrected chi connectivity index (χ3v) is 2.98. The molecule has 21 heavy (non-hydrogen) atoms. The molecule has 1 amide bonds. The molecule has 1 aliphatic rings. The molecule has 1 N–H and O–H groups in total. The first-order valence-corrected chi connectivity index (χ1v) is 7.10. The Morgan fingerprint density at radius 2 is 2.10 bits per heavy atom. The summed E-state index contributed by atoms with van der Waals surface area (Å²) < 4.78 is 10.9. The van der Waals surface area contributed by atoms with Crippen molar-refractivity contribution in [2.45, 2.75) is 39.2 Å². The maximum absolute atomic E-state index is 11.9. The van der Waals surface area contributed by atoms with Crippen LogP contribution < -0.4 is 10.1 Å². The Labute approximate surface area is 124 Å². The van der Waals surface area contributed by atoms with Crippen LogP contribution in [0.1, 0.15) is 44.0 Å². The zero-order chi connectivity index (χ0) is 15.5. The van der Waals surface area contributed by atoms with Crippen LogP contribution in [0.2, 0.25) is 0 Å². The Morgan fingerprint density at radius 1 is 1.38 bits per heavy atom. The van der Waals surface area contributed by atoms with E-state index in [1.54, 1.807) is 39.0 Å². The van der Waals surface area contributed by atoms with Gasteiger partial charge in [0.1, 0.15) is 11.4 Å². The van der Waals surface area contributed by atoms with Crippen molar-refractivity contribution >= 4 is 18.1 Å². The lowest BCUT2D eigenvalue weighted by Gasteiger charge is -2.21. The standard InChI is InChI=1S/C16H21NO4/c1-16(2,3)21-15(19)17-14-12(9-18)5-4-6-13(14)20-10-11-7-8-11/h4-6,9,11H,7-8,10H2,1-3H3,(H,17,19). The molecular weight excluding hydrogens is 270 g/mol. The second-order valence-corrected chi connectivity index (χ2v) is 6.22. The van der Waals surface area contributed by atoms with Gasteiger partial charge in [-0.3, -0.25) is 10.1 Å². The summed E-state index contributed by atoms with van der Waals surface area (Å²) in [5, 5.41) is 2.61. The van der Waals surface area contributed by atoms with E-state index >= 15 is 0 Å². The van der Waals surface area contributed by atoms with E-state index in [4.69, 9.17) is 9.47 Å². The maximum Gasteiger partial charge on any atom is 0.412 e. The SMILES string of the molecule is CC(C)(C)OC(=O)Nc1c(C=O)cccc1OCC1CC1. The summed E-state index contributed by atoms with van der Waals surface area (Å²) in [5.74, 6) is 1.08. The van der Waals surface area contributed by atoms with Crippen LogP contribution in [0.15, 0.2) is 18.2 Å². The summed E-state index contributed by atoms with van der Waals surface area (Å²) in [7, 11) is 0. The normalized spacial score (nSPS) is 14.4. The number of amides is 1. The van der Waals surface area contributed by atoms with Crippen molar-refractivity contribution in [3.63, 3.8) is 0 Å². The highest BCUT2D eigenvalue weighted by molar-refractivity contribution is 5.95. The number of nitrogens with one attached hydrogen (secondary N) is 1. The van der Waals surface area contributed by atoms with Gasteiger partial charge in [-0.25, -0.2) is 4.79 Å². The van der Waals surface area contributed by atoms with Gasteiger partial charge in [-0.2, -0.15) is 0 Å². The molecule has 0 radical (unpaired) electrons. The molecule has 1 fully saturated rings. The smallest absolute Gasteiger partial charge is 0.412 e. The molecule has 0 aliphatic heterocycles. The number of rotatable bonds is 5. The third kappa shape index (κ3) is 4.77. The Bertz CT molecular complexity index is 530. The molecule has 1 aliphatic carbocycles. The molecule has 114 valence electrons. The van der Waals surface area contributed by atoms with E-state index in [-0.39, 0.29) is 0 Å². The zero-order valence-electron chi connectivity index (χ0n) is 12.6. The number of benzene rings is 1. The van der Waals surface area contributed by atoms with Gasteiger partial charge in [0.05, 0.1) is 12.3 Å². The quantitative estimate of drug-likeness (QED) is 0.841. The summed E-state index contributed by atoms with van der Waals surface area (Å²) in [4.78, 5) is 23.0. The van der Waals surface area contributed by atoms with Gasteiger partial charge in [-0.1, -0.05) is 6.07 Å². The van der Waals surface area contributed by atoms with Crippen LogP contribution in [0, 0.1) is 5.92 Å². The number of carbonyl (C=O) groups is 2. The number of hydrogen-bond acceptors (Lipinski definition) is 4. The average molecular weight is 291 g/mol. The molecule has 0 unspecified atom stereocenters. The lowest BCUT2D eigenvalue weighted by molar-refractivity contribution is 0.0635. The number of carbonyl (C=O) groups excluding carboxylic acids is 2. The fourth-order valence-corrected chi connectivity index (χ4v) is 1.80. The molecule has 1 aromatic rings. The predicted molar refractivity (Wildman–Crippen MR) is 79.9 cm³/mol. The predicted octanol–water partition coefficient (Wildman–Crippen LogP) is 3.63. The van der Waals surface area contributed by atoms with Crippen LogP contribution in [0.25, 0.3) is 0 Å². The van der Waals surface area contributed by atoms with E-state index in [0.29, 0.717) is 35.8 Å². The summed E-state index contributed by atoms with van der Waals surface area (Å²) >= 11 is 0. The highest BCUT2D eigenvalue weighted by Gasteiger charge is 2.23. The largest absolute Gasteiger partial charge is 0.491 e. The Kier molecular flexibility index (Phi) is 4.50. The molecule has 2 rings (SSSR count). The van der Waals surface area contributed by atoms with Gasteiger partial charge in [0.2, 0.25) is 0 Å². The van der Waals surface area contributed by atoms with Crippen LogP contribution >= 0.6 is 0 Å². The minimum absolute atomic E-state index is 0.363.